The molecule has 0 nitrogen and oxygen atoms in total. The molecule has 0 spiro atoms. The molecule has 0 radical (unpaired) electrons. The van der Waals surface area contributed by atoms with Crippen LogP contribution in [-0.2, 0) is 36.0 Å². The van der Waals surface area contributed by atoms with Crippen molar-refractivity contribution in [1.82, 2.24) is 0 Å². The molecule has 3 aliphatic carbocycles. The number of benzene rings is 1. The number of allylic oxidation sites excluding steroid dienone is 5. The molecule has 0 saturated carbocycles. The summed E-state index contributed by atoms with van der Waals surface area (Å²) in [5.41, 5.74) is 13.4. The molecule has 0 aliphatic heterocycles. The Balaban J connectivity index is 1.91. The van der Waals surface area contributed by atoms with Crippen LogP contribution >= 0.6 is 0 Å². The number of unbranched alkanes of at least 4 members (excludes halogenated alkanes) is 2. The summed E-state index contributed by atoms with van der Waals surface area (Å²) in [7, 11) is 0. The van der Waals surface area contributed by atoms with E-state index in [1.54, 1.807) is 44.5 Å². The summed E-state index contributed by atoms with van der Waals surface area (Å²) in [6.07, 6.45) is 13.1. The molecule has 3 aliphatic rings. The Bertz CT molecular complexity index is 1020. The van der Waals surface area contributed by atoms with Crippen molar-refractivity contribution < 1.29 is 20.0 Å². The van der Waals surface area contributed by atoms with Crippen molar-refractivity contribution in [1.29, 1.82) is 0 Å². The van der Waals surface area contributed by atoms with Crippen molar-refractivity contribution in [2.75, 3.05) is 0 Å². The molecule has 0 heterocycles. The van der Waals surface area contributed by atoms with Gasteiger partial charge in [0, 0.05) is 0 Å². The third-order valence-corrected chi connectivity index (χ3v) is 32.6. The van der Waals surface area contributed by atoms with Crippen molar-refractivity contribution in [3.05, 3.63) is 62.8 Å². The van der Waals surface area contributed by atoms with Crippen LogP contribution in [0.4, 0.5) is 0 Å². The zero-order valence-electron chi connectivity index (χ0n) is 22.6. The molecule has 1 heteroatoms. The van der Waals surface area contributed by atoms with Gasteiger partial charge in [-0.2, -0.15) is 0 Å². The first-order chi connectivity index (χ1) is 14.8. The topological polar surface area (TPSA) is 0 Å². The third kappa shape index (κ3) is 3.23. The second-order valence-corrected chi connectivity index (χ2v) is 31.2. The van der Waals surface area contributed by atoms with Crippen LogP contribution in [0.3, 0.4) is 0 Å². The first-order valence-corrected chi connectivity index (χ1v) is 23.8. The van der Waals surface area contributed by atoms with E-state index in [-0.39, 0.29) is 3.17 Å². The summed E-state index contributed by atoms with van der Waals surface area (Å²) in [4.78, 5) is 0. The number of hydrogen-bond acceptors (Lipinski definition) is 0. The average Bonchev–Trinajstić information content (AvgIpc) is 3.28. The second kappa shape index (κ2) is 7.93. The summed E-state index contributed by atoms with van der Waals surface area (Å²) in [6.45, 7) is 19.5. The fourth-order valence-corrected chi connectivity index (χ4v) is 26.8. The average molecular weight is 597 g/mol. The van der Waals surface area contributed by atoms with Crippen molar-refractivity contribution in [2.45, 2.75) is 110 Å². The SMILES string of the molecule is CCCCC[C]1([Hf]([CH3])([CH3])[C]2(C)C(C)=C(C)C(C)=C2C)C=Cc2cc3c(cc21)CC(C)(C)C3. The van der Waals surface area contributed by atoms with E-state index in [4.69, 9.17) is 0 Å². The van der Waals surface area contributed by atoms with Gasteiger partial charge in [0.1, 0.15) is 0 Å². The Hall–Kier alpha value is -0.690. The first kappa shape index (κ1) is 24.4. The van der Waals surface area contributed by atoms with E-state index >= 15 is 0 Å². The van der Waals surface area contributed by atoms with Crippen molar-refractivity contribution in [3.8, 4) is 0 Å². The van der Waals surface area contributed by atoms with E-state index < -0.39 is 20.0 Å². The van der Waals surface area contributed by atoms with Gasteiger partial charge in [-0.1, -0.05) is 0 Å². The second-order valence-electron chi connectivity index (χ2n) is 12.7. The predicted molar refractivity (Wildman–Crippen MR) is 139 cm³/mol. The molecule has 0 amide bonds. The van der Waals surface area contributed by atoms with Crippen molar-refractivity contribution in [2.24, 2.45) is 5.41 Å². The van der Waals surface area contributed by atoms with Gasteiger partial charge in [-0.15, -0.1) is 0 Å². The van der Waals surface area contributed by atoms with Gasteiger partial charge in [-0.25, -0.2) is 0 Å². The Morgan fingerprint density at radius 2 is 1.41 bits per heavy atom. The van der Waals surface area contributed by atoms with Crippen LogP contribution < -0.4 is 0 Å². The number of rotatable bonds is 6. The van der Waals surface area contributed by atoms with Gasteiger partial charge < -0.3 is 0 Å². The monoisotopic (exact) mass is 598 g/mol. The number of hydrogen-bond donors (Lipinski definition) is 0. The van der Waals surface area contributed by atoms with Crippen molar-refractivity contribution in [3.63, 3.8) is 0 Å². The Morgan fingerprint density at radius 1 is 0.844 bits per heavy atom. The van der Waals surface area contributed by atoms with Gasteiger partial charge in [-0.3, -0.25) is 0 Å². The molecule has 1 unspecified atom stereocenters. The molecule has 0 fully saturated rings. The molecule has 4 rings (SSSR count). The van der Waals surface area contributed by atoms with Gasteiger partial charge in [0.25, 0.3) is 0 Å². The number of fused-ring (bicyclic) bond motifs is 2. The zero-order chi connectivity index (χ0) is 23.7. The Labute approximate surface area is 203 Å². The van der Waals surface area contributed by atoms with E-state index in [1.807, 2.05) is 0 Å². The van der Waals surface area contributed by atoms with Gasteiger partial charge >= 0.3 is 204 Å². The van der Waals surface area contributed by atoms with Gasteiger partial charge in [0.2, 0.25) is 0 Å². The summed E-state index contributed by atoms with van der Waals surface area (Å²) in [5.74, 6) is 0. The normalized spacial score (nSPS) is 25.7. The van der Waals surface area contributed by atoms with E-state index in [2.05, 4.69) is 89.0 Å². The molecule has 1 aromatic carbocycles. The molecular formula is C31H46Hf. The fraction of sp³-hybridized carbons (Fsp3) is 0.613. The van der Waals surface area contributed by atoms with E-state index in [0.29, 0.717) is 8.59 Å². The van der Waals surface area contributed by atoms with E-state index in [0.717, 1.165) is 0 Å². The Kier molecular flexibility index (Phi) is 6.05. The maximum atomic E-state index is 2.80. The van der Waals surface area contributed by atoms with Gasteiger partial charge in [-0.05, 0) is 0 Å². The maximum absolute atomic E-state index is 3.07. The molecule has 174 valence electrons. The van der Waals surface area contributed by atoms with Crippen LogP contribution in [0.15, 0.2) is 40.5 Å². The van der Waals surface area contributed by atoms with Crippen LogP contribution in [0, 0.1) is 5.41 Å². The van der Waals surface area contributed by atoms with E-state index in [9.17, 15) is 0 Å². The standard InChI is InChI=1S/C19H25.C10H15.2CH3.Hf/c1-4-5-6-7-14-8-9-15-10-16-12-19(2,3)13-17(16)11-18(14)15;1-6-7(2)9(4)10(5)8(6)3;;;/h8-11H,4-7,12-13H2,1-3H3;1-5H3;2*1H3;. The van der Waals surface area contributed by atoms with Gasteiger partial charge in [0.15, 0.2) is 0 Å². The molecule has 0 bridgehead atoms. The minimum absolute atomic E-state index is 0.289. The van der Waals surface area contributed by atoms with Crippen LogP contribution in [-0.4, -0.2) is 0 Å². The molecule has 0 aromatic heterocycles. The Morgan fingerprint density at radius 3 is 1.97 bits per heavy atom. The molecule has 1 aromatic rings. The molecule has 1 atom stereocenters. The van der Waals surface area contributed by atoms with E-state index in [1.165, 1.54) is 38.5 Å². The third-order valence-electron chi connectivity index (χ3n) is 10.5. The zero-order valence-corrected chi connectivity index (χ0v) is 26.1. The van der Waals surface area contributed by atoms with Crippen LogP contribution in [0.2, 0.25) is 12.5 Å². The molecule has 32 heavy (non-hydrogen) atoms. The summed E-state index contributed by atoms with van der Waals surface area (Å²) in [6, 6.07) is 5.28. The van der Waals surface area contributed by atoms with Crippen LogP contribution in [0.1, 0.15) is 103 Å². The van der Waals surface area contributed by atoms with Crippen molar-refractivity contribution >= 4 is 6.08 Å². The van der Waals surface area contributed by atoms with Crippen LogP contribution in [0.5, 0.6) is 0 Å². The molecular weight excluding hydrogens is 551 g/mol. The summed E-state index contributed by atoms with van der Waals surface area (Å²) < 4.78 is 6.18. The summed E-state index contributed by atoms with van der Waals surface area (Å²) in [5, 5.41) is 0. The predicted octanol–water partition coefficient (Wildman–Crippen LogP) is 9.73. The first-order valence-electron chi connectivity index (χ1n) is 13.0. The molecule has 0 N–H and O–H groups in total. The summed E-state index contributed by atoms with van der Waals surface area (Å²) >= 11 is -3.07. The quantitative estimate of drug-likeness (QED) is 0.226. The fourth-order valence-electron chi connectivity index (χ4n) is 7.68. The van der Waals surface area contributed by atoms with Gasteiger partial charge in [0.05, 0.1) is 0 Å². The minimum atomic E-state index is -3.07. The van der Waals surface area contributed by atoms with Crippen LogP contribution in [0.25, 0.3) is 6.08 Å². The molecule has 0 saturated heterocycles.